The van der Waals surface area contributed by atoms with Gasteiger partial charge in [0, 0.05) is 56.8 Å². The van der Waals surface area contributed by atoms with E-state index in [2.05, 4.69) is 20.4 Å². The van der Waals surface area contributed by atoms with E-state index in [1.54, 1.807) is 6.07 Å². The molecule has 9 nitrogen and oxygen atoms in total. The van der Waals surface area contributed by atoms with Crippen molar-refractivity contribution in [1.82, 2.24) is 20.0 Å². The summed E-state index contributed by atoms with van der Waals surface area (Å²) < 4.78 is 21.5. The zero-order chi connectivity index (χ0) is 26.6. The summed E-state index contributed by atoms with van der Waals surface area (Å²) in [4.78, 5) is 29.3. The number of carboxylic acid groups (broad SMARTS) is 1. The van der Waals surface area contributed by atoms with Crippen LogP contribution in [0.1, 0.15) is 18.4 Å². The Kier molecular flexibility index (Phi) is 8.25. The van der Waals surface area contributed by atoms with Crippen LogP contribution < -0.4 is 15.4 Å². The highest BCUT2D eigenvalue weighted by Gasteiger charge is 2.48. The third kappa shape index (κ3) is 6.54. The number of hydrogen-bond acceptors (Lipinski definition) is 6. The van der Waals surface area contributed by atoms with Crippen LogP contribution in [0.15, 0.2) is 48.5 Å². The van der Waals surface area contributed by atoms with E-state index < -0.39 is 17.6 Å². The van der Waals surface area contributed by atoms with Gasteiger partial charge in [-0.3, -0.25) is 9.69 Å². The van der Waals surface area contributed by atoms with E-state index in [1.165, 1.54) is 17.0 Å². The van der Waals surface area contributed by atoms with Crippen LogP contribution in [0.2, 0.25) is 0 Å². The number of amides is 2. The molecule has 0 spiro atoms. The molecule has 2 heterocycles. The van der Waals surface area contributed by atoms with Gasteiger partial charge in [-0.2, -0.15) is 0 Å². The van der Waals surface area contributed by atoms with Crippen LogP contribution >= 0.6 is 12.2 Å². The molecule has 0 saturated carbocycles. The lowest BCUT2D eigenvalue weighted by Crippen LogP contribution is -2.70. The lowest BCUT2D eigenvalue weighted by atomic mass is 9.92. The summed E-state index contributed by atoms with van der Waals surface area (Å²) in [7, 11) is 4.03. The van der Waals surface area contributed by atoms with Crippen molar-refractivity contribution in [3.05, 3.63) is 59.9 Å². The van der Waals surface area contributed by atoms with Crippen LogP contribution in [0.4, 0.5) is 14.9 Å². The number of likely N-dealkylation sites (tertiary alicyclic amines) is 2. The molecular formula is C26H32FN5O4S. The Labute approximate surface area is 221 Å². The topological polar surface area (TPSA) is 97.4 Å². The van der Waals surface area contributed by atoms with Crippen molar-refractivity contribution in [2.45, 2.75) is 31.0 Å². The van der Waals surface area contributed by atoms with Gasteiger partial charge in [-0.1, -0.05) is 30.3 Å². The van der Waals surface area contributed by atoms with Crippen molar-refractivity contribution >= 4 is 35.0 Å². The Balaban J connectivity index is 1.39. The quantitative estimate of drug-likeness (QED) is 0.471. The molecule has 37 heavy (non-hydrogen) atoms. The summed E-state index contributed by atoms with van der Waals surface area (Å²) in [6.07, 6.45) is 0.0975. The highest BCUT2D eigenvalue weighted by atomic mass is 32.1. The predicted molar refractivity (Wildman–Crippen MR) is 142 cm³/mol. The van der Waals surface area contributed by atoms with Gasteiger partial charge in [-0.25, -0.2) is 9.18 Å². The third-order valence-corrected chi connectivity index (χ3v) is 7.14. The van der Waals surface area contributed by atoms with Gasteiger partial charge < -0.3 is 30.3 Å². The molecular weight excluding hydrogens is 497 g/mol. The van der Waals surface area contributed by atoms with Crippen molar-refractivity contribution in [2.24, 2.45) is 0 Å². The summed E-state index contributed by atoms with van der Waals surface area (Å²) in [5, 5.41) is 14.9. The number of rotatable bonds is 7. The van der Waals surface area contributed by atoms with E-state index in [0.29, 0.717) is 37.7 Å². The SMILES string of the molecule is CN(C)C1CN(C2(Oc3ccc(NC(=S)NC(=O)Cc4ccccc4)cc3F)CCN(C(=O)O)CC2)C1. The maximum absolute atomic E-state index is 15.1. The van der Waals surface area contributed by atoms with E-state index in [-0.39, 0.29) is 23.2 Å². The minimum atomic E-state index is -0.961. The minimum Gasteiger partial charge on any atom is -0.469 e. The molecule has 2 aliphatic heterocycles. The molecule has 2 amide bonds. The largest absolute Gasteiger partial charge is 0.469 e. The second-order valence-corrected chi connectivity index (χ2v) is 10.1. The zero-order valence-electron chi connectivity index (χ0n) is 20.9. The molecule has 0 radical (unpaired) electrons. The maximum Gasteiger partial charge on any atom is 0.407 e. The van der Waals surface area contributed by atoms with Gasteiger partial charge in [0.25, 0.3) is 0 Å². The van der Waals surface area contributed by atoms with Gasteiger partial charge in [0.15, 0.2) is 22.4 Å². The molecule has 11 heteroatoms. The Hall–Kier alpha value is -3.28. The van der Waals surface area contributed by atoms with E-state index >= 15 is 4.39 Å². The number of carbonyl (C=O) groups excluding carboxylic acids is 1. The van der Waals surface area contributed by atoms with Crippen molar-refractivity contribution in [3.8, 4) is 5.75 Å². The smallest absolute Gasteiger partial charge is 0.407 e. The average molecular weight is 530 g/mol. The highest BCUT2D eigenvalue weighted by Crippen LogP contribution is 2.37. The van der Waals surface area contributed by atoms with Gasteiger partial charge in [-0.15, -0.1) is 0 Å². The number of benzene rings is 2. The monoisotopic (exact) mass is 529 g/mol. The van der Waals surface area contributed by atoms with Crippen LogP contribution in [0.25, 0.3) is 0 Å². The Morgan fingerprint density at radius 2 is 1.84 bits per heavy atom. The van der Waals surface area contributed by atoms with Crippen LogP contribution in [0.5, 0.6) is 5.75 Å². The Bertz CT molecular complexity index is 1140. The molecule has 0 atom stereocenters. The lowest BCUT2D eigenvalue weighted by molar-refractivity contribution is -0.164. The number of anilines is 1. The maximum atomic E-state index is 15.1. The minimum absolute atomic E-state index is 0.0711. The van der Waals surface area contributed by atoms with E-state index in [9.17, 15) is 14.7 Å². The standard InChI is InChI=1S/C26H32FN5O4S/c1-30(2)20-16-32(17-20)26(10-12-31(13-11-26)25(34)35)36-22-9-8-19(15-21(22)27)28-24(37)29-23(33)14-18-6-4-3-5-7-18/h3-9,15,20H,10-14,16-17H2,1-2H3,(H,34,35)(H2,28,29,33,37). The van der Waals surface area contributed by atoms with Gasteiger partial charge >= 0.3 is 6.09 Å². The average Bonchev–Trinajstić information content (AvgIpc) is 2.80. The molecule has 2 aliphatic rings. The molecule has 0 unspecified atom stereocenters. The molecule has 2 aromatic rings. The second kappa shape index (κ2) is 11.4. The first-order valence-corrected chi connectivity index (χ1v) is 12.6. The van der Waals surface area contributed by atoms with Crippen molar-refractivity contribution in [1.29, 1.82) is 0 Å². The lowest BCUT2D eigenvalue weighted by Gasteiger charge is -2.55. The Morgan fingerprint density at radius 1 is 1.16 bits per heavy atom. The number of likely N-dealkylation sites (N-methyl/N-ethyl adjacent to an activating group) is 1. The first kappa shape index (κ1) is 26.8. The number of hydrogen-bond donors (Lipinski definition) is 3. The van der Waals surface area contributed by atoms with E-state index in [1.807, 2.05) is 44.4 Å². The summed E-state index contributed by atoms with van der Waals surface area (Å²) in [5.74, 6) is -0.765. The first-order valence-electron chi connectivity index (χ1n) is 12.2. The normalized spacial score (nSPS) is 17.7. The number of nitrogens with one attached hydrogen (secondary N) is 2. The molecule has 2 saturated heterocycles. The Morgan fingerprint density at radius 3 is 2.43 bits per heavy atom. The number of ether oxygens (including phenoxy) is 1. The number of thiocarbonyl (C=S) groups is 1. The first-order chi connectivity index (χ1) is 17.6. The van der Waals surface area contributed by atoms with Crippen LogP contribution in [-0.4, -0.2) is 89.0 Å². The fraction of sp³-hybridized carbons (Fsp3) is 0.423. The fourth-order valence-corrected chi connectivity index (χ4v) is 4.86. The zero-order valence-corrected chi connectivity index (χ0v) is 21.8. The van der Waals surface area contributed by atoms with Crippen LogP contribution in [0, 0.1) is 5.82 Å². The summed E-state index contributed by atoms with van der Waals surface area (Å²) in [6, 6.07) is 14.1. The van der Waals surface area contributed by atoms with E-state index in [0.717, 1.165) is 18.7 Å². The van der Waals surface area contributed by atoms with Crippen molar-refractivity contribution < 1.29 is 23.8 Å². The molecule has 0 bridgehead atoms. The summed E-state index contributed by atoms with van der Waals surface area (Å²) in [5.41, 5.74) is 0.452. The van der Waals surface area contributed by atoms with Gasteiger partial charge in [0.05, 0.1) is 6.42 Å². The predicted octanol–water partition coefficient (Wildman–Crippen LogP) is 2.98. The number of nitrogens with zero attached hydrogens (tertiary/aromatic N) is 3. The molecule has 4 rings (SSSR count). The number of halogens is 1. The molecule has 198 valence electrons. The van der Waals surface area contributed by atoms with Crippen molar-refractivity contribution in [2.75, 3.05) is 45.6 Å². The molecule has 0 aliphatic carbocycles. The number of piperidine rings is 1. The van der Waals surface area contributed by atoms with Gasteiger partial charge in [0.1, 0.15) is 0 Å². The third-order valence-electron chi connectivity index (χ3n) is 6.93. The van der Waals surface area contributed by atoms with Crippen molar-refractivity contribution in [3.63, 3.8) is 0 Å². The van der Waals surface area contributed by atoms with Gasteiger partial charge in [-0.05, 0) is 44.0 Å². The fourth-order valence-electron chi connectivity index (χ4n) is 4.63. The molecule has 2 fully saturated rings. The summed E-state index contributed by atoms with van der Waals surface area (Å²) >= 11 is 5.21. The van der Waals surface area contributed by atoms with Gasteiger partial charge in [0.2, 0.25) is 5.91 Å². The molecule has 0 aromatic heterocycles. The van der Waals surface area contributed by atoms with E-state index in [4.69, 9.17) is 17.0 Å². The highest BCUT2D eigenvalue weighted by molar-refractivity contribution is 7.80. The van der Waals surface area contributed by atoms with Crippen LogP contribution in [0.3, 0.4) is 0 Å². The molecule has 2 aromatic carbocycles. The summed E-state index contributed by atoms with van der Waals surface area (Å²) in [6.45, 7) is 2.16. The molecule has 3 N–H and O–H groups in total. The number of carbonyl (C=O) groups is 2. The second-order valence-electron chi connectivity index (χ2n) is 9.65. The van der Waals surface area contributed by atoms with Crippen LogP contribution in [-0.2, 0) is 11.2 Å².